The molecule has 0 saturated heterocycles. The van der Waals surface area contributed by atoms with Crippen LogP contribution in [-0.2, 0) is 0 Å². The lowest BCUT2D eigenvalue weighted by Gasteiger charge is -2.07. The summed E-state index contributed by atoms with van der Waals surface area (Å²) < 4.78 is 12.7. The topological polar surface area (TPSA) is 26.0 Å². The summed E-state index contributed by atoms with van der Waals surface area (Å²) in [7, 11) is 0. The standard InChI is InChI=1S/C10H14FNS/c1-2-9(12)7-13-10-5-3-4-8(11)6-10/h3-6,9H,2,7,12H2,1H3/t9-/m0/s1. The zero-order valence-electron chi connectivity index (χ0n) is 7.66. The highest BCUT2D eigenvalue weighted by Gasteiger charge is 2.00. The van der Waals surface area contributed by atoms with E-state index in [0.717, 1.165) is 17.1 Å². The Morgan fingerprint density at radius 1 is 1.54 bits per heavy atom. The normalized spacial score (nSPS) is 12.8. The molecule has 1 nitrogen and oxygen atoms in total. The molecule has 0 aromatic heterocycles. The van der Waals surface area contributed by atoms with Crippen molar-refractivity contribution < 1.29 is 4.39 Å². The van der Waals surface area contributed by atoms with Crippen molar-refractivity contribution in [2.24, 2.45) is 5.73 Å². The van der Waals surface area contributed by atoms with Crippen LogP contribution in [0.25, 0.3) is 0 Å². The van der Waals surface area contributed by atoms with E-state index in [-0.39, 0.29) is 11.9 Å². The highest BCUT2D eigenvalue weighted by molar-refractivity contribution is 7.99. The molecule has 1 aromatic carbocycles. The van der Waals surface area contributed by atoms with Gasteiger partial charge in [0.05, 0.1) is 0 Å². The molecule has 1 atom stereocenters. The SMILES string of the molecule is CC[C@H](N)CSc1cccc(F)c1. The quantitative estimate of drug-likeness (QED) is 0.754. The number of nitrogens with two attached hydrogens (primary N) is 1. The summed E-state index contributed by atoms with van der Waals surface area (Å²) >= 11 is 1.60. The molecule has 13 heavy (non-hydrogen) atoms. The van der Waals surface area contributed by atoms with E-state index in [1.54, 1.807) is 17.8 Å². The van der Waals surface area contributed by atoms with Gasteiger partial charge in [-0.15, -0.1) is 11.8 Å². The van der Waals surface area contributed by atoms with Gasteiger partial charge in [0.2, 0.25) is 0 Å². The third-order valence-corrected chi connectivity index (χ3v) is 2.97. The van der Waals surface area contributed by atoms with Crippen molar-refractivity contribution in [2.45, 2.75) is 24.3 Å². The van der Waals surface area contributed by atoms with Crippen molar-refractivity contribution in [2.75, 3.05) is 5.75 Å². The second-order valence-corrected chi connectivity index (χ2v) is 4.03. The molecule has 0 aliphatic rings. The molecule has 0 spiro atoms. The van der Waals surface area contributed by atoms with Gasteiger partial charge in [-0.25, -0.2) is 4.39 Å². The highest BCUT2D eigenvalue weighted by atomic mass is 32.2. The summed E-state index contributed by atoms with van der Waals surface area (Å²) in [5.41, 5.74) is 5.74. The van der Waals surface area contributed by atoms with Crippen molar-refractivity contribution in [3.05, 3.63) is 30.1 Å². The molecule has 2 N–H and O–H groups in total. The smallest absolute Gasteiger partial charge is 0.124 e. The molecule has 0 radical (unpaired) electrons. The molecule has 0 fully saturated rings. The molecule has 1 rings (SSSR count). The maximum absolute atomic E-state index is 12.7. The molecule has 0 bridgehead atoms. The first-order valence-corrected chi connectivity index (χ1v) is 5.35. The van der Waals surface area contributed by atoms with Crippen LogP contribution in [0.5, 0.6) is 0 Å². The van der Waals surface area contributed by atoms with Gasteiger partial charge in [-0.05, 0) is 24.6 Å². The minimum absolute atomic E-state index is 0.185. The van der Waals surface area contributed by atoms with E-state index >= 15 is 0 Å². The number of rotatable bonds is 4. The van der Waals surface area contributed by atoms with Gasteiger partial charge in [-0.1, -0.05) is 13.0 Å². The Morgan fingerprint density at radius 3 is 2.92 bits per heavy atom. The molecule has 0 amide bonds. The van der Waals surface area contributed by atoms with Crippen molar-refractivity contribution in [1.82, 2.24) is 0 Å². The van der Waals surface area contributed by atoms with E-state index in [9.17, 15) is 4.39 Å². The number of benzene rings is 1. The van der Waals surface area contributed by atoms with Gasteiger partial charge >= 0.3 is 0 Å². The van der Waals surface area contributed by atoms with Crippen LogP contribution in [0.15, 0.2) is 29.2 Å². The first kappa shape index (κ1) is 10.5. The molecule has 72 valence electrons. The Bertz CT molecular complexity index is 265. The second kappa shape index (κ2) is 5.25. The molecular weight excluding hydrogens is 185 g/mol. The summed E-state index contributed by atoms with van der Waals surface area (Å²) in [4.78, 5) is 0.948. The van der Waals surface area contributed by atoms with Gasteiger partial charge in [-0.2, -0.15) is 0 Å². The van der Waals surface area contributed by atoms with Gasteiger partial charge in [0.15, 0.2) is 0 Å². The van der Waals surface area contributed by atoms with Crippen LogP contribution in [0.4, 0.5) is 4.39 Å². The van der Waals surface area contributed by atoms with Crippen LogP contribution in [0.2, 0.25) is 0 Å². The predicted molar refractivity (Wildman–Crippen MR) is 55.4 cm³/mol. The fourth-order valence-electron chi connectivity index (χ4n) is 0.878. The number of hydrogen-bond donors (Lipinski definition) is 1. The summed E-state index contributed by atoms with van der Waals surface area (Å²) in [6.45, 7) is 2.05. The average Bonchev–Trinajstić information content (AvgIpc) is 2.14. The lowest BCUT2D eigenvalue weighted by atomic mass is 10.3. The lowest BCUT2D eigenvalue weighted by Crippen LogP contribution is -2.21. The fourth-order valence-corrected chi connectivity index (χ4v) is 1.89. The van der Waals surface area contributed by atoms with Crippen molar-refractivity contribution in [3.8, 4) is 0 Å². The maximum Gasteiger partial charge on any atom is 0.124 e. The van der Waals surface area contributed by atoms with Crippen LogP contribution in [-0.4, -0.2) is 11.8 Å². The molecule has 1 aromatic rings. The van der Waals surface area contributed by atoms with Crippen LogP contribution in [0.1, 0.15) is 13.3 Å². The van der Waals surface area contributed by atoms with Gasteiger partial charge in [0, 0.05) is 16.7 Å². The van der Waals surface area contributed by atoms with E-state index in [0.29, 0.717) is 0 Å². The van der Waals surface area contributed by atoms with Crippen LogP contribution in [0, 0.1) is 5.82 Å². The van der Waals surface area contributed by atoms with Gasteiger partial charge in [-0.3, -0.25) is 0 Å². The first-order chi connectivity index (χ1) is 6.22. The van der Waals surface area contributed by atoms with E-state index in [1.165, 1.54) is 12.1 Å². The predicted octanol–water partition coefficient (Wildman–Crippen LogP) is 2.66. The molecule has 0 aliphatic heterocycles. The molecule has 0 heterocycles. The van der Waals surface area contributed by atoms with E-state index in [2.05, 4.69) is 6.92 Å². The van der Waals surface area contributed by atoms with Crippen molar-refractivity contribution in [3.63, 3.8) is 0 Å². The monoisotopic (exact) mass is 199 g/mol. The lowest BCUT2D eigenvalue weighted by molar-refractivity contribution is 0.624. The van der Waals surface area contributed by atoms with Crippen LogP contribution >= 0.6 is 11.8 Å². The molecule has 0 unspecified atom stereocenters. The van der Waals surface area contributed by atoms with Gasteiger partial charge < -0.3 is 5.73 Å². The third kappa shape index (κ3) is 3.79. The van der Waals surface area contributed by atoms with Crippen LogP contribution < -0.4 is 5.73 Å². The van der Waals surface area contributed by atoms with E-state index < -0.39 is 0 Å². The minimum atomic E-state index is -0.185. The Balaban J connectivity index is 2.45. The molecule has 3 heteroatoms. The Labute approximate surface area is 82.5 Å². The first-order valence-electron chi connectivity index (χ1n) is 4.36. The number of hydrogen-bond acceptors (Lipinski definition) is 2. The highest BCUT2D eigenvalue weighted by Crippen LogP contribution is 2.19. The Hall–Kier alpha value is -0.540. The zero-order valence-corrected chi connectivity index (χ0v) is 8.48. The summed E-state index contributed by atoms with van der Waals surface area (Å²) in [5, 5.41) is 0. The second-order valence-electron chi connectivity index (χ2n) is 2.94. The third-order valence-electron chi connectivity index (χ3n) is 1.78. The van der Waals surface area contributed by atoms with E-state index in [1.807, 2.05) is 6.07 Å². The Kier molecular flexibility index (Phi) is 4.25. The van der Waals surface area contributed by atoms with Gasteiger partial charge in [0.1, 0.15) is 5.82 Å². The zero-order chi connectivity index (χ0) is 9.68. The Morgan fingerprint density at radius 2 is 2.31 bits per heavy atom. The largest absolute Gasteiger partial charge is 0.327 e. The minimum Gasteiger partial charge on any atom is -0.327 e. The van der Waals surface area contributed by atoms with Gasteiger partial charge in [0.25, 0.3) is 0 Å². The number of thioether (sulfide) groups is 1. The summed E-state index contributed by atoms with van der Waals surface area (Å²) in [6, 6.07) is 6.80. The van der Waals surface area contributed by atoms with Crippen molar-refractivity contribution in [1.29, 1.82) is 0 Å². The number of halogens is 1. The molecule has 0 saturated carbocycles. The summed E-state index contributed by atoms with van der Waals surface area (Å²) in [5.74, 6) is 0.662. The maximum atomic E-state index is 12.7. The fraction of sp³-hybridized carbons (Fsp3) is 0.400. The molecule has 0 aliphatic carbocycles. The molecular formula is C10H14FNS. The van der Waals surface area contributed by atoms with Crippen molar-refractivity contribution >= 4 is 11.8 Å². The average molecular weight is 199 g/mol. The van der Waals surface area contributed by atoms with E-state index in [4.69, 9.17) is 5.73 Å². The summed E-state index contributed by atoms with van der Waals surface area (Å²) in [6.07, 6.45) is 0.961. The van der Waals surface area contributed by atoms with Crippen LogP contribution in [0.3, 0.4) is 0 Å².